The number of epoxide rings is 1. The van der Waals surface area contributed by atoms with Crippen molar-refractivity contribution in [3.05, 3.63) is 0 Å². The second-order valence-corrected chi connectivity index (χ2v) is 4.23. The van der Waals surface area contributed by atoms with Crippen molar-refractivity contribution in [2.24, 2.45) is 0 Å². The van der Waals surface area contributed by atoms with Gasteiger partial charge in [0.05, 0.1) is 18.3 Å². The minimum atomic E-state index is 0.143. The molecule has 0 saturated carbocycles. The first kappa shape index (κ1) is 12.0. The Morgan fingerprint density at radius 3 is 2.36 bits per heavy atom. The first-order chi connectivity index (χ1) is 6.76. The average molecular weight is 200 g/mol. The van der Waals surface area contributed by atoms with Crippen LogP contribution in [0.5, 0.6) is 0 Å². The van der Waals surface area contributed by atoms with Gasteiger partial charge in [0.1, 0.15) is 0 Å². The van der Waals surface area contributed by atoms with Crippen molar-refractivity contribution in [2.75, 3.05) is 13.2 Å². The van der Waals surface area contributed by atoms with Gasteiger partial charge < -0.3 is 9.47 Å². The lowest BCUT2D eigenvalue weighted by atomic mass is 9.92. The van der Waals surface area contributed by atoms with E-state index in [0.29, 0.717) is 6.10 Å². The van der Waals surface area contributed by atoms with Crippen molar-refractivity contribution < 1.29 is 9.47 Å². The fraction of sp³-hybridized carbons (Fsp3) is 1.00. The lowest BCUT2D eigenvalue weighted by molar-refractivity contribution is -0.0599. The van der Waals surface area contributed by atoms with Crippen LogP contribution >= 0.6 is 0 Å². The van der Waals surface area contributed by atoms with Gasteiger partial charge in [-0.15, -0.1) is 0 Å². The third-order valence-corrected chi connectivity index (χ3v) is 3.24. The molecule has 2 nitrogen and oxygen atoms in total. The van der Waals surface area contributed by atoms with E-state index in [0.717, 1.165) is 32.5 Å². The Labute approximate surface area is 88.0 Å². The summed E-state index contributed by atoms with van der Waals surface area (Å²) in [5.41, 5.74) is 0.143. The van der Waals surface area contributed by atoms with Crippen LogP contribution in [0.3, 0.4) is 0 Å². The predicted molar refractivity (Wildman–Crippen MR) is 58.5 cm³/mol. The second-order valence-electron chi connectivity index (χ2n) is 4.23. The quantitative estimate of drug-likeness (QED) is 0.561. The van der Waals surface area contributed by atoms with Crippen LogP contribution in [0.1, 0.15) is 52.9 Å². The van der Waals surface area contributed by atoms with E-state index in [-0.39, 0.29) is 5.60 Å². The van der Waals surface area contributed by atoms with Gasteiger partial charge in [-0.3, -0.25) is 0 Å². The summed E-state index contributed by atoms with van der Waals surface area (Å²) in [6.07, 6.45) is 6.23. The molecule has 0 aliphatic carbocycles. The number of ether oxygens (including phenoxy) is 2. The average Bonchev–Trinajstić information content (AvgIpc) is 3.00. The van der Waals surface area contributed by atoms with Crippen LogP contribution in [-0.4, -0.2) is 24.9 Å². The van der Waals surface area contributed by atoms with Crippen LogP contribution in [-0.2, 0) is 9.47 Å². The number of hydrogen-bond acceptors (Lipinski definition) is 2. The van der Waals surface area contributed by atoms with E-state index in [1.165, 1.54) is 12.8 Å². The smallest absolute Gasteiger partial charge is 0.0831 e. The summed E-state index contributed by atoms with van der Waals surface area (Å²) < 4.78 is 11.2. The van der Waals surface area contributed by atoms with E-state index in [2.05, 4.69) is 20.8 Å². The van der Waals surface area contributed by atoms with Gasteiger partial charge in [0.15, 0.2) is 0 Å². The second kappa shape index (κ2) is 5.72. The molecule has 0 bridgehead atoms. The molecule has 1 rings (SSSR count). The van der Waals surface area contributed by atoms with Gasteiger partial charge in [0, 0.05) is 6.61 Å². The highest BCUT2D eigenvalue weighted by atomic mass is 16.6. The van der Waals surface area contributed by atoms with E-state index >= 15 is 0 Å². The molecule has 14 heavy (non-hydrogen) atoms. The zero-order chi connectivity index (χ0) is 10.4. The maximum atomic E-state index is 6.04. The molecule has 0 radical (unpaired) electrons. The van der Waals surface area contributed by atoms with Crippen LogP contribution in [0.15, 0.2) is 0 Å². The summed E-state index contributed by atoms with van der Waals surface area (Å²) in [4.78, 5) is 0. The summed E-state index contributed by atoms with van der Waals surface area (Å²) in [7, 11) is 0. The van der Waals surface area contributed by atoms with E-state index < -0.39 is 0 Å². The van der Waals surface area contributed by atoms with Crippen LogP contribution in [0.25, 0.3) is 0 Å². The van der Waals surface area contributed by atoms with Crippen molar-refractivity contribution in [1.82, 2.24) is 0 Å². The highest BCUT2D eigenvalue weighted by Gasteiger charge is 2.28. The summed E-state index contributed by atoms with van der Waals surface area (Å²) in [5, 5.41) is 0. The van der Waals surface area contributed by atoms with Gasteiger partial charge in [0.25, 0.3) is 0 Å². The Morgan fingerprint density at radius 1 is 1.29 bits per heavy atom. The predicted octanol–water partition coefficient (Wildman–Crippen LogP) is 3.15. The van der Waals surface area contributed by atoms with Crippen LogP contribution < -0.4 is 0 Å². The molecule has 2 heteroatoms. The molecule has 0 N–H and O–H groups in total. The highest BCUT2D eigenvalue weighted by Crippen LogP contribution is 2.27. The van der Waals surface area contributed by atoms with Crippen molar-refractivity contribution in [3.63, 3.8) is 0 Å². The van der Waals surface area contributed by atoms with Gasteiger partial charge in [-0.2, -0.15) is 0 Å². The van der Waals surface area contributed by atoms with E-state index in [1.807, 2.05) is 0 Å². The molecule has 84 valence electrons. The molecule has 1 aliphatic rings. The van der Waals surface area contributed by atoms with Crippen LogP contribution in [0, 0.1) is 0 Å². The van der Waals surface area contributed by atoms with Crippen LogP contribution in [0.4, 0.5) is 0 Å². The minimum absolute atomic E-state index is 0.143. The molecule has 0 aromatic carbocycles. The molecule has 0 aromatic rings. The normalized spacial score (nSPS) is 21.2. The van der Waals surface area contributed by atoms with E-state index in [9.17, 15) is 0 Å². The van der Waals surface area contributed by atoms with Gasteiger partial charge in [-0.25, -0.2) is 0 Å². The molecule has 0 spiro atoms. The fourth-order valence-corrected chi connectivity index (χ4v) is 1.98. The Balaban J connectivity index is 2.23. The standard InChI is InChI=1S/C12H24O2/c1-4-8-12(5-2,6-3)14-9-7-11-10-13-11/h11H,4-10H2,1-3H3. The molecule has 0 aromatic heterocycles. The molecular weight excluding hydrogens is 176 g/mol. The number of hydrogen-bond donors (Lipinski definition) is 0. The zero-order valence-corrected chi connectivity index (χ0v) is 9.84. The summed E-state index contributed by atoms with van der Waals surface area (Å²) >= 11 is 0. The Bertz CT molecular complexity index is 148. The lowest BCUT2D eigenvalue weighted by Gasteiger charge is -2.31. The summed E-state index contributed by atoms with van der Waals surface area (Å²) in [6, 6.07) is 0. The number of rotatable bonds is 8. The van der Waals surface area contributed by atoms with Gasteiger partial charge in [-0.05, 0) is 25.7 Å². The molecular formula is C12H24O2. The van der Waals surface area contributed by atoms with Crippen molar-refractivity contribution in [1.29, 1.82) is 0 Å². The molecule has 1 unspecified atom stereocenters. The Kier molecular flexibility index (Phi) is 4.90. The monoisotopic (exact) mass is 200 g/mol. The molecule has 1 fully saturated rings. The summed E-state index contributed by atoms with van der Waals surface area (Å²) in [6.45, 7) is 8.50. The largest absolute Gasteiger partial charge is 0.375 e. The van der Waals surface area contributed by atoms with Gasteiger partial charge in [-0.1, -0.05) is 27.2 Å². The van der Waals surface area contributed by atoms with Gasteiger partial charge in [0.2, 0.25) is 0 Å². The highest BCUT2D eigenvalue weighted by molar-refractivity contribution is 4.78. The molecule has 0 amide bonds. The third kappa shape index (κ3) is 3.58. The maximum Gasteiger partial charge on any atom is 0.0831 e. The first-order valence-corrected chi connectivity index (χ1v) is 6.02. The Hall–Kier alpha value is -0.0800. The minimum Gasteiger partial charge on any atom is -0.375 e. The van der Waals surface area contributed by atoms with Gasteiger partial charge >= 0.3 is 0 Å². The topological polar surface area (TPSA) is 21.8 Å². The van der Waals surface area contributed by atoms with Crippen molar-refractivity contribution in [3.8, 4) is 0 Å². The van der Waals surface area contributed by atoms with Crippen molar-refractivity contribution in [2.45, 2.75) is 64.6 Å². The molecule has 1 atom stereocenters. The zero-order valence-electron chi connectivity index (χ0n) is 9.84. The first-order valence-electron chi connectivity index (χ1n) is 6.02. The maximum absolute atomic E-state index is 6.04. The Morgan fingerprint density at radius 2 is 1.93 bits per heavy atom. The molecule has 1 saturated heterocycles. The molecule has 1 aliphatic heterocycles. The SMILES string of the molecule is CCCC(CC)(CC)OCCC1CO1. The van der Waals surface area contributed by atoms with Crippen LogP contribution in [0.2, 0.25) is 0 Å². The lowest BCUT2D eigenvalue weighted by Crippen LogP contribution is -2.31. The van der Waals surface area contributed by atoms with E-state index in [1.54, 1.807) is 0 Å². The third-order valence-electron chi connectivity index (χ3n) is 3.24. The fourth-order valence-electron chi connectivity index (χ4n) is 1.98. The van der Waals surface area contributed by atoms with Crippen molar-refractivity contribution >= 4 is 0 Å². The molecule has 1 heterocycles. The van der Waals surface area contributed by atoms with E-state index in [4.69, 9.17) is 9.47 Å². The summed E-state index contributed by atoms with van der Waals surface area (Å²) in [5.74, 6) is 0.